The van der Waals surface area contributed by atoms with Gasteiger partial charge in [-0.3, -0.25) is 14.5 Å². The third kappa shape index (κ3) is 4.93. The van der Waals surface area contributed by atoms with Gasteiger partial charge in [-0.15, -0.1) is 0 Å². The summed E-state index contributed by atoms with van der Waals surface area (Å²) in [7, 11) is 0. The van der Waals surface area contributed by atoms with E-state index in [0.29, 0.717) is 31.0 Å². The molecule has 26 heavy (non-hydrogen) atoms. The number of hydrogen-bond acceptors (Lipinski definition) is 4. The van der Waals surface area contributed by atoms with E-state index in [1.165, 1.54) is 23.9 Å². The number of halogens is 1. The summed E-state index contributed by atoms with van der Waals surface area (Å²) in [5.74, 6) is 0.246. The topological polar surface area (TPSA) is 49.2 Å². The summed E-state index contributed by atoms with van der Waals surface area (Å²) in [6, 6.07) is 13.7. The number of aryl methyl sites for hydroxylation is 1. The molecule has 1 aliphatic heterocycles. The molecule has 1 amide bonds. The van der Waals surface area contributed by atoms with Gasteiger partial charge >= 0.3 is 0 Å². The molecule has 0 saturated carbocycles. The second-order valence-corrected chi connectivity index (χ2v) is 7.38. The standard InChI is InChI=1S/C20H21FN2O2S/c1-14-7-8-17(21)11-16(14)12-23-13-18(23)19(24)22-9-10-26-20(25)15-5-3-2-4-6-15/h2-8,11,18H,9-10,12-13H2,1H3,(H,22,24). The van der Waals surface area contributed by atoms with E-state index >= 15 is 0 Å². The predicted octanol–water partition coefficient (Wildman–Crippen LogP) is 3.01. The lowest BCUT2D eigenvalue weighted by molar-refractivity contribution is -0.121. The molecule has 0 aliphatic carbocycles. The molecule has 1 saturated heterocycles. The molecule has 136 valence electrons. The summed E-state index contributed by atoms with van der Waals surface area (Å²) in [5.41, 5.74) is 2.60. The summed E-state index contributed by atoms with van der Waals surface area (Å²) in [6.07, 6.45) is 0. The Kier molecular flexibility index (Phi) is 6.06. The minimum atomic E-state index is -0.256. The van der Waals surface area contributed by atoms with Crippen molar-refractivity contribution in [3.8, 4) is 0 Å². The maximum Gasteiger partial charge on any atom is 0.238 e. The van der Waals surface area contributed by atoms with Crippen molar-refractivity contribution in [3.05, 3.63) is 71.0 Å². The maximum atomic E-state index is 13.3. The Bertz CT molecular complexity index is 798. The summed E-state index contributed by atoms with van der Waals surface area (Å²) in [4.78, 5) is 26.1. The average Bonchev–Trinajstić information content (AvgIpc) is 3.41. The molecule has 6 heteroatoms. The predicted molar refractivity (Wildman–Crippen MR) is 102 cm³/mol. The van der Waals surface area contributed by atoms with Crippen LogP contribution in [-0.2, 0) is 11.3 Å². The first-order chi connectivity index (χ1) is 12.5. The zero-order valence-corrected chi connectivity index (χ0v) is 15.4. The fraction of sp³-hybridized carbons (Fsp3) is 0.300. The Morgan fingerprint density at radius 3 is 2.77 bits per heavy atom. The Hall–Kier alpha value is -2.18. The van der Waals surface area contributed by atoms with Crippen LogP contribution >= 0.6 is 11.8 Å². The molecular formula is C20H21FN2O2S. The molecule has 0 aromatic heterocycles. The van der Waals surface area contributed by atoms with Gasteiger partial charge < -0.3 is 5.32 Å². The number of rotatable bonds is 7. The number of hydrogen-bond donors (Lipinski definition) is 1. The Morgan fingerprint density at radius 2 is 2.00 bits per heavy atom. The summed E-state index contributed by atoms with van der Waals surface area (Å²) < 4.78 is 13.3. The zero-order chi connectivity index (χ0) is 18.5. The van der Waals surface area contributed by atoms with Crippen molar-refractivity contribution in [1.29, 1.82) is 0 Å². The number of nitrogens with one attached hydrogen (secondary N) is 1. The molecule has 3 rings (SSSR count). The first-order valence-corrected chi connectivity index (χ1v) is 9.52. The molecule has 1 N–H and O–H groups in total. The zero-order valence-electron chi connectivity index (χ0n) is 14.6. The smallest absolute Gasteiger partial charge is 0.238 e. The maximum absolute atomic E-state index is 13.3. The lowest BCUT2D eigenvalue weighted by atomic mass is 10.1. The summed E-state index contributed by atoms with van der Waals surface area (Å²) in [5, 5.41) is 2.87. The molecule has 4 nitrogen and oxygen atoms in total. The van der Waals surface area contributed by atoms with Gasteiger partial charge in [-0.05, 0) is 30.2 Å². The van der Waals surface area contributed by atoms with Gasteiger partial charge in [0.25, 0.3) is 0 Å². The Balaban J connectivity index is 1.37. The normalized spacial score (nSPS) is 18.4. The van der Waals surface area contributed by atoms with Gasteiger partial charge in [-0.25, -0.2) is 4.39 Å². The van der Waals surface area contributed by atoms with E-state index in [4.69, 9.17) is 0 Å². The Morgan fingerprint density at radius 1 is 1.23 bits per heavy atom. The van der Waals surface area contributed by atoms with Crippen molar-refractivity contribution >= 4 is 22.8 Å². The molecule has 0 spiro atoms. The van der Waals surface area contributed by atoms with Crippen LogP contribution in [0.15, 0.2) is 48.5 Å². The van der Waals surface area contributed by atoms with Gasteiger partial charge in [0.15, 0.2) is 0 Å². The van der Waals surface area contributed by atoms with Gasteiger partial charge in [-0.2, -0.15) is 0 Å². The average molecular weight is 372 g/mol. The Labute approximate surface area is 156 Å². The minimum absolute atomic E-state index is 0.00877. The van der Waals surface area contributed by atoms with Crippen LogP contribution in [-0.4, -0.2) is 40.8 Å². The molecule has 0 bridgehead atoms. The van der Waals surface area contributed by atoms with Crippen LogP contribution in [0.4, 0.5) is 4.39 Å². The first kappa shape index (κ1) is 18.6. The second kappa shape index (κ2) is 8.47. The van der Waals surface area contributed by atoms with Crippen molar-refractivity contribution in [2.75, 3.05) is 18.8 Å². The number of amides is 1. The SMILES string of the molecule is Cc1ccc(F)cc1CN1CC1C(=O)NCCSC(=O)c1ccccc1. The number of benzene rings is 2. The third-order valence-electron chi connectivity index (χ3n) is 4.35. The van der Waals surface area contributed by atoms with E-state index < -0.39 is 0 Å². The van der Waals surface area contributed by atoms with Gasteiger partial charge in [0.2, 0.25) is 11.0 Å². The minimum Gasteiger partial charge on any atom is -0.354 e. The molecule has 2 atom stereocenters. The van der Waals surface area contributed by atoms with Crippen LogP contribution in [0.2, 0.25) is 0 Å². The largest absolute Gasteiger partial charge is 0.354 e. The van der Waals surface area contributed by atoms with E-state index in [0.717, 1.165) is 11.1 Å². The highest BCUT2D eigenvalue weighted by molar-refractivity contribution is 8.14. The van der Waals surface area contributed by atoms with Gasteiger partial charge in [-0.1, -0.05) is 48.2 Å². The molecule has 2 unspecified atom stereocenters. The lowest BCUT2D eigenvalue weighted by Crippen LogP contribution is -2.31. The monoisotopic (exact) mass is 372 g/mol. The second-order valence-electron chi connectivity index (χ2n) is 6.31. The van der Waals surface area contributed by atoms with Crippen molar-refractivity contribution in [3.63, 3.8) is 0 Å². The molecule has 1 heterocycles. The van der Waals surface area contributed by atoms with Crippen LogP contribution < -0.4 is 5.32 Å². The number of nitrogens with zero attached hydrogens (tertiary/aromatic N) is 1. The van der Waals surface area contributed by atoms with E-state index in [9.17, 15) is 14.0 Å². The number of carbonyl (C=O) groups is 2. The van der Waals surface area contributed by atoms with Crippen LogP contribution in [0.5, 0.6) is 0 Å². The summed E-state index contributed by atoms with van der Waals surface area (Å²) in [6.45, 7) is 3.64. The van der Waals surface area contributed by atoms with Crippen LogP contribution in [0.1, 0.15) is 21.5 Å². The van der Waals surface area contributed by atoms with Gasteiger partial charge in [0, 0.05) is 31.0 Å². The molecular weight excluding hydrogens is 351 g/mol. The highest BCUT2D eigenvalue weighted by Crippen LogP contribution is 2.23. The summed E-state index contributed by atoms with van der Waals surface area (Å²) >= 11 is 1.20. The quantitative estimate of drug-likeness (QED) is 0.600. The van der Waals surface area contributed by atoms with Gasteiger partial charge in [0.1, 0.15) is 11.9 Å². The van der Waals surface area contributed by atoms with E-state index in [-0.39, 0.29) is 22.9 Å². The van der Waals surface area contributed by atoms with E-state index in [1.807, 2.05) is 30.0 Å². The molecule has 0 radical (unpaired) electrons. The third-order valence-corrected chi connectivity index (χ3v) is 5.25. The fourth-order valence-electron chi connectivity index (χ4n) is 2.72. The number of carbonyl (C=O) groups excluding carboxylic acids is 2. The van der Waals surface area contributed by atoms with Crippen LogP contribution in [0, 0.1) is 12.7 Å². The highest BCUT2D eigenvalue weighted by Gasteiger charge is 2.40. The van der Waals surface area contributed by atoms with Crippen molar-refractivity contribution in [2.24, 2.45) is 0 Å². The highest BCUT2D eigenvalue weighted by atomic mass is 32.2. The van der Waals surface area contributed by atoms with E-state index in [1.54, 1.807) is 18.2 Å². The van der Waals surface area contributed by atoms with E-state index in [2.05, 4.69) is 5.32 Å². The van der Waals surface area contributed by atoms with Crippen LogP contribution in [0.25, 0.3) is 0 Å². The fourth-order valence-corrected chi connectivity index (χ4v) is 3.41. The molecule has 1 fully saturated rings. The van der Waals surface area contributed by atoms with Gasteiger partial charge in [0.05, 0.1) is 0 Å². The lowest BCUT2D eigenvalue weighted by Gasteiger charge is -2.08. The van der Waals surface area contributed by atoms with Crippen molar-refractivity contribution < 1.29 is 14.0 Å². The van der Waals surface area contributed by atoms with Crippen LogP contribution in [0.3, 0.4) is 0 Å². The first-order valence-electron chi connectivity index (χ1n) is 8.53. The molecule has 2 aromatic carbocycles. The van der Waals surface area contributed by atoms with Crippen molar-refractivity contribution in [2.45, 2.75) is 19.5 Å². The molecule has 2 aromatic rings. The van der Waals surface area contributed by atoms with Crippen molar-refractivity contribution in [1.82, 2.24) is 10.2 Å². The molecule has 1 aliphatic rings. The number of thioether (sulfide) groups is 1.